The zero-order chi connectivity index (χ0) is 24.2. The van der Waals surface area contributed by atoms with Gasteiger partial charge < -0.3 is 20.0 Å². The summed E-state index contributed by atoms with van der Waals surface area (Å²) in [5.41, 5.74) is 2.95. The van der Waals surface area contributed by atoms with E-state index >= 15 is 0 Å². The van der Waals surface area contributed by atoms with E-state index in [1.54, 1.807) is 23.5 Å². The number of rotatable bonds is 4. The van der Waals surface area contributed by atoms with Crippen LogP contribution in [-0.2, 0) is 11.3 Å². The average molecular weight is 493 g/mol. The highest BCUT2D eigenvalue weighted by molar-refractivity contribution is 6.31. The molecule has 0 unspecified atom stereocenters. The SMILES string of the molecule is O=C(N[C@H]1CCCCN(Cc2cccnc2)C1=O)N1CCN(c2ccnc3cc(Cl)ccc23)CC1. The molecule has 2 aliphatic heterocycles. The molecule has 0 aliphatic carbocycles. The first kappa shape index (κ1) is 23.4. The number of likely N-dealkylation sites (tertiary alicyclic amines) is 1. The van der Waals surface area contributed by atoms with Crippen molar-refractivity contribution in [2.45, 2.75) is 31.8 Å². The molecule has 0 bridgehead atoms. The van der Waals surface area contributed by atoms with Crippen molar-refractivity contribution in [1.29, 1.82) is 0 Å². The first-order valence-electron chi connectivity index (χ1n) is 12.1. The summed E-state index contributed by atoms with van der Waals surface area (Å²) in [7, 11) is 0. The maximum absolute atomic E-state index is 13.2. The van der Waals surface area contributed by atoms with E-state index in [4.69, 9.17) is 11.6 Å². The van der Waals surface area contributed by atoms with E-state index in [0.29, 0.717) is 50.7 Å². The molecule has 2 aliphatic rings. The Morgan fingerprint density at radius 1 is 1.06 bits per heavy atom. The molecule has 2 saturated heterocycles. The van der Waals surface area contributed by atoms with Gasteiger partial charge in [-0.1, -0.05) is 17.7 Å². The summed E-state index contributed by atoms with van der Waals surface area (Å²) < 4.78 is 0. The first-order chi connectivity index (χ1) is 17.1. The van der Waals surface area contributed by atoms with Gasteiger partial charge in [-0.25, -0.2) is 4.79 Å². The van der Waals surface area contributed by atoms with Crippen LogP contribution in [0.15, 0.2) is 55.0 Å². The van der Waals surface area contributed by atoms with E-state index in [9.17, 15) is 9.59 Å². The van der Waals surface area contributed by atoms with Crippen molar-refractivity contribution in [3.8, 4) is 0 Å². The van der Waals surface area contributed by atoms with E-state index in [1.807, 2.05) is 41.3 Å². The number of nitrogens with zero attached hydrogens (tertiary/aromatic N) is 5. The van der Waals surface area contributed by atoms with Crippen LogP contribution in [0.1, 0.15) is 24.8 Å². The van der Waals surface area contributed by atoms with E-state index in [2.05, 4.69) is 20.2 Å². The molecule has 1 N–H and O–H groups in total. The zero-order valence-corrected chi connectivity index (χ0v) is 20.3. The van der Waals surface area contributed by atoms with Gasteiger partial charge in [-0.05, 0) is 55.2 Å². The lowest BCUT2D eigenvalue weighted by Crippen LogP contribution is -2.56. The average Bonchev–Trinajstić information content (AvgIpc) is 3.05. The van der Waals surface area contributed by atoms with Crippen molar-refractivity contribution >= 4 is 40.1 Å². The maximum atomic E-state index is 13.2. The zero-order valence-electron chi connectivity index (χ0n) is 19.6. The molecule has 3 amide bonds. The van der Waals surface area contributed by atoms with Crippen molar-refractivity contribution < 1.29 is 9.59 Å². The van der Waals surface area contributed by atoms with Gasteiger partial charge >= 0.3 is 6.03 Å². The molecule has 35 heavy (non-hydrogen) atoms. The number of piperazine rings is 1. The van der Waals surface area contributed by atoms with Crippen LogP contribution in [0.5, 0.6) is 0 Å². The van der Waals surface area contributed by atoms with Gasteiger partial charge in [-0.2, -0.15) is 0 Å². The van der Waals surface area contributed by atoms with E-state index in [-0.39, 0.29) is 11.9 Å². The summed E-state index contributed by atoms with van der Waals surface area (Å²) in [6, 6.07) is 10.9. The molecule has 2 aromatic heterocycles. The van der Waals surface area contributed by atoms with Crippen molar-refractivity contribution in [3.63, 3.8) is 0 Å². The van der Waals surface area contributed by atoms with Crippen LogP contribution < -0.4 is 10.2 Å². The number of benzene rings is 1. The number of nitrogens with one attached hydrogen (secondary N) is 1. The summed E-state index contributed by atoms with van der Waals surface area (Å²) in [5.74, 6) is -0.0137. The predicted molar refractivity (Wildman–Crippen MR) is 136 cm³/mol. The van der Waals surface area contributed by atoms with Crippen LogP contribution in [0.3, 0.4) is 0 Å². The standard InChI is InChI=1S/C26H29ClN6O2/c27-20-6-7-21-23(16-20)29-10-8-24(21)31-12-14-32(15-13-31)26(35)30-22-5-1-2-11-33(25(22)34)18-19-4-3-9-28-17-19/h3-4,6-10,16-17,22H,1-2,5,11-15,18H2,(H,30,35)/t22-/m0/s1. The van der Waals surface area contributed by atoms with E-state index < -0.39 is 6.04 Å². The number of anilines is 1. The molecule has 0 saturated carbocycles. The highest BCUT2D eigenvalue weighted by Crippen LogP contribution is 2.28. The van der Waals surface area contributed by atoms with Gasteiger partial charge in [0.05, 0.1) is 5.52 Å². The molecule has 1 aromatic carbocycles. The Morgan fingerprint density at radius 3 is 2.71 bits per heavy atom. The van der Waals surface area contributed by atoms with Gasteiger partial charge in [0, 0.05) is 74.0 Å². The van der Waals surface area contributed by atoms with Gasteiger partial charge in [0.2, 0.25) is 5.91 Å². The molecule has 3 aromatic rings. The van der Waals surface area contributed by atoms with Gasteiger partial charge in [0.15, 0.2) is 0 Å². The lowest BCUT2D eigenvalue weighted by atomic mass is 10.1. The number of carbonyl (C=O) groups excluding carboxylic acids is 2. The Hall–Kier alpha value is -3.39. The largest absolute Gasteiger partial charge is 0.367 e. The third-order valence-electron chi connectivity index (χ3n) is 6.76. The van der Waals surface area contributed by atoms with Crippen LogP contribution in [0, 0.1) is 0 Å². The monoisotopic (exact) mass is 492 g/mol. The molecule has 182 valence electrons. The number of aromatic nitrogens is 2. The van der Waals surface area contributed by atoms with E-state index in [1.165, 1.54) is 0 Å². The number of hydrogen-bond acceptors (Lipinski definition) is 5. The van der Waals surface area contributed by atoms with E-state index in [0.717, 1.165) is 35.0 Å². The lowest BCUT2D eigenvalue weighted by Gasteiger charge is -2.37. The number of hydrogen-bond donors (Lipinski definition) is 1. The fourth-order valence-corrected chi connectivity index (χ4v) is 5.05. The fraction of sp³-hybridized carbons (Fsp3) is 0.385. The Bertz CT molecular complexity index is 1200. The van der Waals surface area contributed by atoms with Crippen molar-refractivity contribution in [2.24, 2.45) is 0 Å². The number of carbonyl (C=O) groups is 2. The molecule has 1 atom stereocenters. The number of pyridine rings is 2. The van der Waals surface area contributed by atoms with Crippen LogP contribution in [0.25, 0.3) is 10.9 Å². The van der Waals surface area contributed by atoms with Gasteiger partial charge in [-0.15, -0.1) is 0 Å². The van der Waals surface area contributed by atoms with Crippen LogP contribution in [-0.4, -0.2) is 70.5 Å². The van der Waals surface area contributed by atoms with Crippen LogP contribution in [0.4, 0.5) is 10.5 Å². The molecule has 8 nitrogen and oxygen atoms in total. The minimum Gasteiger partial charge on any atom is -0.367 e. The summed E-state index contributed by atoms with van der Waals surface area (Å²) in [4.78, 5) is 40.8. The van der Waals surface area contributed by atoms with Crippen molar-refractivity contribution in [3.05, 3.63) is 65.6 Å². The number of fused-ring (bicyclic) bond motifs is 1. The molecule has 9 heteroatoms. The fourth-order valence-electron chi connectivity index (χ4n) is 4.88. The second kappa shape index (κ2) is 10.5. The Morgan fingerprint density at radius 2 is 1.91 bits per heavy atom. The van der Waals surface area contributed by atoms with Gasteiger partial charge in [0.25, 0.3) is 0 Å². The third-order valence-corrected chi connectivity index (χ3v) is 7.00. The summed E-state index contributed by atoms with van der Waals surface area (Å²) in [6.45, 7) is 3.81. The molecule has 4 heterocycles. The maximum Gasteiger partial charge on any atom is 0.318 e. The highest BCUT2D eigenvalue weighted by Gasteiger charge is 2.31. The Balaban J connectivity index is 1.20. The quantitative estimate of drug-likeness (QED) is 0.600. The summed E-state index contributed by atoms with van der Waals surface area (Å²) in [6.07, 6.45) is 7.81. The number of halogens is 1. The first-order valence-corrected chi connectivity index (χ1v) is 12.5. The van der Waals surface area contributed by atoms with Gasteiger partial charge in [-0.3, -0.25) is 14.8 Å². The van der Waals surface area contributed by atoms with Crippen molar-refractivity contribution in [2.75, 3.05) is 37.6 Å². The second-order valence-electron chi connectivity index (χ2n) is 9.08. The lowest BCUT2D eigenvalue weighted by molar-refractivity contribution is -0.133. The summed E-state index contributed by atoms with van der Waals surface area (Å²) in [5, 5.41) is 4.73. The van der Waals surface area contributed by atoms with Crippen LogP contribution in [0.2, 0.25) is 5.02 Å². The molecule has 2 fully saturated rings. The summed E-state index contributed by atoms with van der Waals surface area (Å²) >= 11 is 6.13. The van der Waals surface area contributed by atoms with Crippen LogP contribution >= 0.6 is 11.6 Å². The molecular weight excluding hydrogens is 464 g/mol. The molecule has 5 rings (SSSR count). The predicted octanol–water partition coefficient (Wildman–Crippen LogP) is 3.70. The minimum atomic E-state index is -0.492. The smallest absolute Gasteiger partial charge is 0.318 e. The minimum absolute atomic E-state index is 0.0137. The Labute approximate surface area is 209 Å². The van der Waals surface area contributed by atoms with Gasteiger partial charge in [0.1, 0.15) is 6.04 Å². The molecular formula is C26H29ClN6O2. The third kappa shape index (κ3) is 5.32. The van der Waals surface area contributed by atoms with Crippen molar-refractivity contribution in [1.82, 2.24) is 25.1 Å². The second-order valence-corrected chi connectivity index (χ2v) is 9.52. The molecule has 0 spiro atoms. The number of urea groups is 1. The number of amides is 3. The topological polar surface area (TPSA) is 81.7 Å². The normalized spacial score (nSPS) is 19.1. The Kier molecular flexibility index (Phi) is 6.99. The molecule has 0 radical (unpaired) electrons. The highest BCUT2D eigenvalue weighted by atomic mass is 35.5.